The molecule has 304 valence electrons. The number of carbonyl (C=O) groups excluding carboxylic acids is 3. The predicted molar refractivity (Wildman–Crippen MR) is 219 cm³/mol. The summed E-state index contributed by atoms with van der Waals surface area (Å²) in [6, 6.07) is 13.0. The van der Waals surface area contributed by atoms with Crippen molar-refractivity contribution in [2.45, 2.75) is 63.1 Å². The van der Waals surface area contributed by atoms with Crippen LogP contribution in [-0.4, -0.2) is 96.4 Å². The Hall–Kier alpha value is -4.17. The maximum Gasteiger partial charge on any atom is 0.286 e. The molecule has 2 fully saturated rings. The zero-order valence-corrected chi connectivity index (χ0v) is 34.7. The molecule has 2 bridgehead atoms. The minimum atomic E-state index is -3.65. The second-order valence-corrected chi connectivity index (χ2v) is 19.1. The van der Waals surface area contributed by atoms with E-state index in [1.807, 2.05) is 25.1 Å². The van der Waals surface area contributed by atoms with Crippen LogP contribution in [0.2, 0.25) is 5.02 Å². The van der Waals surface area contributed by atoms with Crippen molar-refractivity contribution >= 4 is 44.9 Å². The number of anilines is 1. The van der Waals surface area contributed by atoms with E-state index in [9.17, 15) is 18.6 Å². The summed E-state index contributed by atoms with van der Waals surface area (Å²) in [6.07, 6.45) is 11.2. The summed E-state index contributed by atoms with van der Waals surface area (Å²) in [7, 11) is 1.39. The minimum Gasteiger partial charge on any atom is -0.490 e. The van der Waals surface area contributed by atoms with E-state index in [4.69, 9.17) is 25.8 Å². The van der Waals surface area contributed by atoms with E-state index in [2.05, 4.69) is 38.3 Å². The number of carbonyl (C=O) groups is 3. The summed E-state index contributed by atoms with van der Waals surface area (Å²) < 4.78 is 41.4. The van der Waals surface area contributed by atoms with Gasteiger partial charge in [-0.1, -0.05) is 36.7 Å². The lowest BCUT2D eigenvalue weighted by molar-refractivity contribution is -0.0196. The molecule has 3 aromatic rings. The Balaban J connectivity index is 1.14. The van der Waals surface area contributed by atoms with Gasteiger partial charge < -0.3 is 28.6 Å². The maximum absolute atomic E-state index is 14.8. The Labute approximate surface area is 340 Å². The van der Waals surface area contributed by atoms with Crippen LogP contribution >= 0.6 is 11.6 Å². The number of halogens is 1. The fourth-order valence-electron chi connectivity index (χ4n) is 9.39. The highest BCUT2D eigenvalue weighted by molar-refractivity contribution is 7.92. The van der Waals surface area contributed by atoms with Crippen LogP contribution in [0.15, 0.2) is 65.2 Å². The van der Waals surface area contributed by atoms with Gasteiger partial charge in [-0.05, 0) is 104 Å². The maximum atomic E-state index is 14.8. The molecule has 57 heavy (non-hydrogen) atoms. The van der Waals surface area contributed by atoms with Crippen LogP contribution in [0.5, 0.6) is 5.75 Å². The van der Waals surface area contributed by atoms with Crippen LogP contribution in [0.4, 0.5) is 5.69 Å². The molecule has 1 saturated heterocycles. The van der Waals surface area contributed by atoms with Crippen molar-refractivity contribution in [3.05, 3.63) is 93.8 Å². The lowest BCUT2D eigenvalue weighted by atomic mass is 9.68. The average molecular weight is 818 g/mol. The van der Waals surface area contributed by atoms with E-state index >= 15 is 0 Å². The first-order valence-corrected chi connectivity index (χ1v) is 22.0. The van der Waals surface area contributed by atoms with Crippen molar-refractivity contribution in [1.82, 2.24) is 14.2 Å². The van der Waals surface area contributed by atoms with Gasteiger partial charge in [0.05, 0.1) is 35.8 Å². The lowest BCUT2D eigenvalue weighted by Gasteiger charge is -2.46. The Kier molecular flexibility index (Phi) is 11.0. The number of allylic oxidation sites excluding steroid dienone is 1. The van der Waals surface area contributed by atoms with E-state index in [1.54, 1.807) is 36.8 Å². The zero-order valence-electron chi connectivity index (χ0n) is 33.1. The Morgan fingerprint density at radius 1 is 1.07 bits per heavy atom. The number of likely N-dealkylation sites (tertiary alicyclic amines) is 1. The molecule has 14 heteroatoms. The van der Waals surface area contributed by atoms with Gasteiger partial charge in [0.15, 0.2) is 0 Å². The second-order valence-electron chi connectivity index (χ2n) is 16.7. The van der Waals surface area contributed by atoms with Crippen LogP contribution in [-0.2, 0) is 38.3 Å². The number of methoxy groups -OCH3 is 2. The first-order chi connectivity index (χ1) is 27.4. The molecule has 5 aliphatic rings. The largest absolute Gasteiger partial charge is 0.490 e. The van der Waals surface area contributed by atoms with Gasteiger partial charge in [0, 0.05) is 69.6 Å². The summed E-state index contributed by atoms with van der Waals surface area (Å²) in [5.74, 6) is -0.520. The van der Waals surface area contributed by atoms with Gasteiger partial charge in [0.1, 0.15) is 21.4 Å². The van der Waals surface area contributed by atoms with Gasteiger partial charge in [-0.3, -0.25) is 19.1 Å². The molecular formula is C43H52ClN5O7S. The van der Waals surface area contributed by atoms with E-state index in [-0.39, 0.29) is 46.3 Å². The number of rotatable bonds is 5. The monoisotopic (exact) mass is 817 g/mol. The highest BCUT2D eigenvalue weighted by Crippen LogP contribution is 2.47. The third kappa shape index (κ3) is 7.88. The van der Waals surface area contributed by atoms with Crippen molar-refractivity contribution < 1.29 is 32.8 Å². The molecule has 0 unspecified atom stereocenters. The van der Waals surface area contributed by atoms with Crippen molar-refractivity contribution in [3.63, 3.8) is 0 Å². The second kappa shape index (κ2) is 15.9. The SMILES string of the molecule is COC1CN(C(=O)c2cc(C(=O)N[S@@]3(=O)=NC(=O)c4ccc5c(c4)N(C[C@@H]4CC[C@H]4[C@@H](OC)/C=C/C[C@H](C)C3)C[C@@]3(CCCc4cc(Cl)ccc43)CO5)cn2C)C1. The molecule has 0 radical (unpaired) electrons. The molecule has 3 amide bonds. The molecule has 2 aromatic carbocycles. The molecule has 2 aliphatic carbocycles. The van der Waals surface area contributed by atoms with Gasteiger partial charge >= 0.3 is 0 Å². The summed E-state index contributed by atoms with van der Waals surface area (Å²) in [6.45, 7) is 4.78. The number of nitrogens with one attached hydrogen (secondary N) is 1. The molecule has 8 rings (SSSR count). The Morgan fingerprint density at radius 3 is 2.65 bits per heavy atom. The van der Waals surface area contributed by atoms with E-state index in [1.165, 1.54) is 23.4 Å². The topological polar surface area (TPSA) is 132 Å². The number of ether oxygens (including phenoxy) is 3. The number of amides is 3. The summed E-state index contributed by atoms with van der Waals surface area (Å²) in [4.78, 5) is 45.2. The number of fused-ring (bicyclic) bond motifs is 4. The Bertz CT molecular complexity index is 2230. The molecular weight excluding hydrogens is 766 g/mol. The molecule has 12 nitrogen and oxygen atoms in total. The zero-order chi connectivity index (χ0) is 40.1. The van der Waals surface area contributed by atoms with Crippen LogP contribution in [0.3, 0.4) is 0 Å². The van der Waals surface area contributed by atoms with Gasteiger partial charge in [0.25, 0.3) is 17.7 Å². The van der Waals surface area contributed by atoms with Gasteiger partial charge in [0.2, 0.25) is 0 Å². The summed E-state index contributed by atoms with van der Waals surface area (Å²) in [5, 5.41) is 0.727. The number of aryl methyl sites for hydroxylation is 2. The van der Waals surface area contributed by atoms with Crippen molar-refractivity contribution in [3.8, 4) is 5.75 Å². The number of nitrogens with zero attached hydrogens (tertiary/aromatic N) is 4. The van der Waals surface area contributed by atoms with Crippen molar-refractivity contribution in [2.75, 3.05) is 57.7 Å². The highest BCUT2D eigenvalue weighted by Gasteiger charge is 2.44. The summed E-state index contributed by atoms with van der Waals surface area (Å²) in [5.41, 5.74) is 3.73. The fraction of sp³-hybridized carbons (Fsp3) is 0.512. The van der Waals surface area contributed by atoms with Crippen molar-refractivity contribution in [1.29, 1.82) is 0 Å². The first kappa shape index (κ1) is 39.6. The highest BCUT2D eigenvalue weighted by atomic mass is 35.5. The molecule has 1 saturated carbocycles. The molecule has 3 aliphatic heterocycles. The predicted octanol–water partition coefficient (Wildman–Crippen LogP) is 6.21. The van der Waals surface area contributed by atoms with Crippen LogP contribution < -0.4 is 14.4 Å². The number of benzene rings is 2. The molecule has 1 spiro atoms. The standard InChI is InChI=1S/C43H52ClN5O7S/c1-27-7-5-9-38(55-4)34-13-10-30(34)21-49-25-43(16-6-8-28-17-32(44)12-14-35(28)43)26-56-39-15-11-29(18-36(39)49)40(50)45-57(53,24-27)46-41(51)31-19-37(47(2)20-31)42(52)48-22-33(23-48)54-3/h5,9,11-12,14-15,17-20,27,30,33-34,38H,6-8,10,13,16,21-26H2,1-4H3,(H,45,46,50,51,53)/b9-5+/t27-,30-,34+,38-,43-,57-/m0/s1. The lowest BCUT2D eigenvalue weighted by Crippen LogP contribution is -2.54. The minimum absolute atomic E-state index is 0.0164. The number of hydrogen-bond donors (Lipinski definition) is 1. The molecule has 1 aromatic heterocycles. The summed E-state index contributed by atoms with van der Waals surface area (Å²) >= 11 is 6.47. The number of hydrogen-bond acceptors (Lipinski definition) is 8. The third-order valence-corrected chi connectivity index (χ3v) is 14.9. The van der Waals surface area contributed by atoms with Crippen LogP contribution in [0.25, 0.3) is 0 Å². The van der Waals surface area contributed by atoms with Crippen LogP contribution in [0, 0.1) is 17.8 Å². The smallest absolute Gasteiger partial charge is 0.286 e. The third-order valence-electron chi connectivity index (χ3n) is 12.7. The van der Waals surface area contributed by atoms with Gasteiger partial charge in [-0.25, -0.2) is 4.21 Å². The fourth-order valence-corrected chi connectivity index (χ4v) is 11.5. The Morgan fingerprint density at radius 2 is 1.89 bits per heavy atom. The molecule has 6 atom stereocenters. The van der Waals surface area contributed by atoms with E-state index in [0.717, 1.165) is 49.4 Å². The van der Waals surface area contributed by atoms with Gasteiger partial charge in [-0.2, -0.15) is 0 Å². The normalized spacial score (nSPS) is 29.5. The number of aromatic nitrogens is 1. The average Bonchev–Trinajstić information content (AvgIpc) is 3.48. The van der Waals surface area contributed by atoms with E-state index in [0.29, 0.717) is 55.9 Å². The molecule has 1 N–H and O–H groups in total. The van der Waals surface area contributed by atoms with Gasteiger partial charge in [-0.15, -0.1) is 4.36 Å². The quantitative estimate of drug-likeness (QED) is 0.301. The first-order valence-electron chi connectivity index (χ1n) is 20.0. The van der Waals surface area contributed by atoms with Crippen LogP contribution in [0.1, 0.15) is 81.4 Å². The van der Waals surface area contributed by atoms with E-state index < -0.39 is 21.7 Å². The van der Waals surface area contributed by atoms with Crippen molar-refractivity contribution in [2.24, 2.45) is 29.2 Å². The molecule has 4 heterocycles.